The molecule has 2 aliphatic rings. The molecule has 2 rings (SSSR count). The molecule has 15 heavy (non-hydrogen) atoms. The van der Waals surface area contributed by atoms with Gasteiger partial charge in [-0.05, 0) is 25.3 Å². The Morgan fingerprint density at radius 1 is 1.53 bits per heavy atom. The van der Waals surface area contributed by atoms with Gasteiger partial charge in [-0.25, -0.2) is 0 Å². The fourth-order valence-corrected chi connectivity index (χ4v) is 2.63. The van der Waals surface area contributed by atoms with Crippen LogP contribution in [0.3, 0.4) is 0 Å². The molecule has 0 aromatic carbocycles. The summed E-state index contributed by atoms with van der Waals surface area (Å²) in [6.07, 6.45) is 3.87. The summed E-state index contributed by atoms with van der Waals surface area (Å²) in [5.41, 5.74) is -0.122. The first kappa shape index (κ1) is 10.2. The van der Waals surface area contributed by atoms with E-state index in [-0.39, 0.29) is 17.2 Å². The second kappa shape index (κ2) is 3.36. The van der Waals surface area contributed by atoms with Crippen LogP contribution in [0.2, 0.25) is 0 Å². The van der Waals surface area contributed by atoms with E-state index in [1.165, 1.54) is 6.08 Å². The van der Waals surface area contributed by atoms with E-state index in [9.17, 15) is 9.59 Å². The van der Waals surface area contributed by atoms with Gasteiger partial charge in [0, 0.05) is 18.5 Å². The summed E-state index contributed by atoms with van der Waals surface area (Å²) in [6, 6.07) is 0. The second-order valence-corrected chi connectivity index (χ2v) is 4.52. The summed E-state index contributed by atoms with van der Waals surface area (Å²) in [6.45, 7) is 4.78. The van der Waals surface area contributed by atoms with E-state index in [1.54, 1.807) is 4.90 Å². The Labute approximate surface area is 88.6 Å². The van der Waals surface area contributed by atoms with Gasteiger partial charge in [-0.15, -0.1) is 0 Å². The molecule has 4 nitrogen and oxygen atoms in total. The zero-order valence-corrected chi connectivity index (χ0v) is 8.61. The molecule has 1 spiro atoms. The quantitative estimate of drug-likeness (QED) is 0.687. The Bertz CT molecular complexity index is 326. The molecule has 1 N–H and O–H groups in total. The molecular formula is C11H15NO3. The molecule has 0 aromatic heterocycles. The average Bonchev–Trinajstić information content (AvgIpc) is 2.91. The van der Waals surface area contributed by atoms with Crippen LogP contribution in [0.25, 0.3) is 0 Å². The largest absolute Gasteiger partial charge is 0.481 e. The van der Waals surface area contributed by atoms with E-state index >= 15 is 0 Å². The van der Waals surface area contributed by atoms with Crippen LogP contribution in [0, 0.1) is 11.3 Å². The molecule has 1 heterocycles. The second-order valence-electron chi connectivity index (χ2n) is 4.52. The lowest BCUT2D eigenvalue weighted by molar-refractivity contribution is -0.140. The normalized spacial score (nSPS) is 33.9. The van der Waals surface area contributed by atoms with Gasteiger partial charge in [0.1, 0.15) is 0 Å². The average molecular weight is 209 g/mol. The highest BCUT2D eigenvalue weighted by Crippen LogP contribution is 2.57. The molecule has 2 atom stereocenters. The van der Waals surface area contributed by atoms with E-state index in [4.69, 9.17) is 5.11 Å². The van der Waals surface area contributed by atoms with Gasteiger partial charge in [0.2, 0.25) is 5.91 Å². The highest BCUT2D eigenvalue weighted by molar-refractivity contribution is 5.87. The van der Waals surface area contributed by atoms with Gasteiger partial charge >= 0.3 is 5.97 Å². The van der Waals surface area contributed by atoms with E-state index < -0.39 is 5.97 Å². The lowest BCUT2D eigenvalue weighted by Crippen LogP contribution is -2.41. The third-order valence-electron chi connectivity index (χ3n) is 3.58. The summed E-state index contributed by atoms with van der Waals surface area (Å²) in [4.78, 5) is 24.0. The molecule has 1 aliphatic heterocycles. The maximum Gasteiger partial charge on any atom is 0.307 e. The van der Waals surface area contributed by atoms with Crippen molar-refractivity contribution in [3.05, 3.63) is 12.7 Å². The van der Waals surface area contributed by atoms with Crippen molar-refractivity contribution in [3.63, 3.8) is 0 Å². The molecule has 1 saturated heterocycles. The molecule has 82 valence electrons. The minimum absolute atomic E-state index is 0.0786. The molecule has 4 heteroatoms. The van der Waals surface area contributed by atoms with Gasteiger partial charge in [0.15, 0.2) is 0 Å². The summed E-state index contributed by atoms with van der Waals surface area (Å²) < 4.78 is 0. The van der Waals surface area contributed by atoms with Crippen molar-refractivity contribution in [2.75, 3.05) is 13.1 Å². The van der Waals surface area contributed by atoms with Crippen molar-refractivity contribution >= 4 is 11.9 Å². The molecule has 1 amide bonds. The van der Waals surface area contributed by atoms with E-state index in [0.717, 1.165) is 25.8 Å². The number of rotatable bonds is 2. The molecule has 2 unspecified atom stereocenters. The third kappa shape index (κ3) is 1.64. The predicted octanol–water partition coefficient (Wildman–Crippen LogP) is 0.886. The Hall–Kier alpha value is -1.32. The first-order chi connectivity index (χ1) is 7.09. The molecular weight excluding hydrogens is 194 g/mol. The Morgan fingerprint density at radius 3 is 2.80 bits per heavy atom. The lowest BCUT2D eigenvalue weighted by Gasteiger charge is -2.32. The number of carbonyl (C=O) groups excluding carboxylic acids is 1. The van der Waals surface area contributed by atoms with Crippen LogP contribution in [0.15, 0.2) is 12.7 Å². The number of aliphatic carboxylic acids is 1. The van der Waals surface area contributed by atoms with Crippen molar-refractivity contribution in [1.29, 1.82) is 0 Å². The first-order valence-corrected chi connectivity index (χ1v) is 5.23. The fourth-order valence-electron chi connectivity index (χ4n) is 2.63. The lowest BCUT2D eigenvalue weighted by atomic mass is 9.92. The Kier molecular flexibility index (Phi) is 2.29. The fraction of sp³-hybridized carbons (Fsp3) is 0.636. The van der Waals surface area contributed by atoms with Gasteiger partial charge in [-0.3, -0.25) is 9.59 Å². The smallest absolute Gasteiger partial charge is 0.307 e. The van der Waals surface area contributed by atoms with Crippen molar-refractivity contribution in [3.8, 4) is 0 Å². The SMILES string of the molecule is C=CC(=O)N1CCCC2(CC2C(=O)O)C1. The molecule has 0 radical (unpaired) electrons. The van der Waals surface area contributed by atoms with E-state index in [2.05, 4.69) is 6.58 Å². The van der Waals surface area contributed by atoms with Gasteiger partial charge < -0.3 is 10.0 Å². The minimum atomic E-state index is -0.720. The highest BCUT2D eigenvalue weighted by atomic mass is 16.4. The summed E-state index contributed by atoms with van der Waals surface area (Å²) in [5.74, 6) is -1.04. The zero-order chi connectivity index (χ0) is 11.1. The monoisotopic (exact) mass is 209 g/mol. The van der Waals surface area contributed by atoms with Crippen molar-refractivity contribution in [2.24, 2.45) is 11.3 Å². The number of likely N-dealkylation sites (tertiary alicyclic amines) is 1. The number of carboxylic acids is 1. The maximum atomic E-state index is 11.4. The number of nitrogens with zero attached hydrogens (tertiary/aromatic N) is 1. The molecule has 1 saturated carbocycles. The predicted molar refractivity (Wildman–Crippen MR) is 54.2 cm³/mol. The molecule has 1 aliphatic carbocycles. The van der Waals surface area contributed by atoms with Crippen molar-refractivity contribution < 1.29 is 14.7 Å². The summed E-state index contributed by atoms with van der Waals surface area (Å²) in [7, 11) is 0. The van der Waals surface area contributed by atoms with E-state index in [0.29, 0.717) is 6.54 Å². The van der Waals surface area contributed by atoms with Crippen LogP contribution >= 0.6 is 0 Å². The number of piperidine rings is 1. The highest BCUT2D eigenvalue weighted by Gasteiger charge is 2.59. The number of carboxylic acid groups (broad SMARTS) is 1. The van der Waals surface area contributed by atoms with Gasteiger partial charge in [-0.2, -0.15) is 0 Å². The molecule has 2 fully saturated rings. The van der Waals surface area contributed by atoms with Crippen LogP contribution in [-0.4, -0.2) is 35.0 Å². The van der Waals surface area contributed by atoms with Crippen LogP contribution in [-0.2, 0) is 9.59 Å². The van der Waals surface area contributed by atoms with Crippen molar-refractivity contribution in [2.45, 2.75) is 19.3 Å². The number of hydrogen-bond donors (Lipinski definition) is 1. The molecule has 0 bridgehead atoms. The Balaban J connectivity index is 2.03. The van der Waals surface area contributed by atoms with Gasteiger partial charge in [0.05, 0.1) is 5.92 Å². The van der Waals surface area contributed by atoms with Crippen LogP contribution in [0.5, 0.6) is 0 Å². The third-order valence-corrected chi connectivity index (χ3v) is 3.58. The number of carbonyl (C=O) groups is 2. The van der Waals surface area contributed by atoms with Crippen LogP contribution < -0.4 is 0 Å². The topological polar surface area (TPSA) is 57.6 Å². The molecule has 0 aromatic rings. The minimum Gasteiger partial charge on any atom is -0.481 e. The summed E-state index contributed by atoms with van der Waals surface area (Å²) >= 11 is 0. The van der Waals surface area contributed by atoms with Gasteiger partial charge in [0.25, 0.3) is 0 Å². The van der Waals surface area contributed by atoms with Crippen LogP contribution in [0.4, 0.5) is 0 Å². The summed E-state index contributed by atoms with van der Waals surface area (Å²) in [5, 5.41) is 8.93. The van der Waals surface area contributed by atoms with Gasteiger partial charge in [-0.1, -0.05) is 6.58 Å². The van der Waals surface area contributed by atoms with Crippen molar-refractivity contribution in [1.82, 2.24) is 4.90 Å². The Morgan fingerprint density at radius 2 is 2.27 bits per heavy atom. The number of amides is 1. The van der Waals surface area contributed by atoms with Crippen LogP contribution in [0.1, 0.15) is 19.3 Å². The maximum absolute atomic E-state index is 11.4. The number of hydrogen-bond acceptors (Lipinski definition) is 2. The van der Waals surface area contributed by atoms with E-state index in [1.807, 2.05) is 0 Å². The zero-order valence-electron chi connectivity index (χ0n) is 8.61. The standard InChI is InChI=1S/C11H15NO3/c1-2-9(13)12-5-3-4-11(7-12)6-8(11)10(14)15/h2,8H,1,3-7H2,(H,14,15). The first-order valence-electron chi connectivity index (χ1n) is 5.23.